The number of carbonyl (C=O) groups is 1. The van der Waals surface area contributed by atoms with Gasteiger partial charge in [0, 0.05) is 25.2 Å². The molecule has 0 spiro atoms. The molecule has 0 radical (unpaired) electrons. The van der Waals surface area contributed by atoms with E-state index < -0.39 is 0 Å². The predicted octanol–water partition coefficient (Wildman–Crippen LogP) is 5.07. The Bertz CT molecular complexity index is 1180. The Morgan fingerprint density at radius 2 is 1.81 bits per heavy atom. The summed E-state index contributed by atoms with van der Waals surface area (Å²) in [6, 6.07) is 20.8. The van der Waals surface area contributed by atoms with E-state index in [-0.39, 0.29) is 11.3 Å². The van der Waals surface area contributed by atoms with Gasteiger partial charge in [0.1, 0.15) is 0 Å². The van der Waals surface area contributed by atoms with Gasteiger partial charge in [-0.2, -0.15) is 0 Å². The number of rotatable bonds is 5. The Morgan fingerprint density at radius 3 is 2.66 bits per heavy atom. The van der Waals surface area contributed by atoms with Crippen molar-refractivity contribution in [3.8, 4) is 0 Å². The number of ether oxygens (including phenoxy) is 1. The van der Waals surface area contributed by atoms with Crippen molar-refractivity contribution in [2.45, 2.75) is 38.8 Å². The first-order valence-corrected chi connectivity index (χ1v) is 11.5. The van der Waals surface area contributed by atoms with E-state index in [1.807, 2.05) is 30.3 Å². The first-order chi connectivity index (χ1) is 15.5. The van der Waals surface area contributed by atoms with Gasteiger partial charge in [0.05, 0.1) is 30.9 Å². The molecular formula is C28H30N2O2. The molecule has 32 heavy (non-hydrogen) atoms. The fraction of sp³-hybridized carbons (Fsp3) is 0.357. The average Bonchev–Trinajstić information content (AvgIpc) is 2.79. The molecule has 0 atom stereocenters. The van der Waals surface area contributed by atoms with Crippen LogP contribution in [0.3, 0.4) is 0 Å². The molecule has 3 aromatic carbocycles. The monoisotopic (exact) mass is 426 g/mol. The number of aliphatic imine (C=N–C) groups is 1. The van der Waals surface area contributed by atoms with E-state index in [0.717, 1.165) is 66.9 Å². The van der Waals surface area contributed by atoms with E-state index in [1.54, 1.807) is 0 Å². The van der Waals surface area contributed by atoms with E-state index in [0.29, 0.717) is 6.42 Å². The van der Waals surface area contributed by atoms with Crippen molar-refractivity contribution >= 4 is 22.3 Å². The molecule has 2 aliphatic heterocycles. The maximum Gasteiger partial charge on any atom is 0.169 e. The zero-order chi connectivity index (χ0) is 22.1. The number of carbonyl (C=O) groups excluding carboxylic acids is 1. The standard InChI is InChI=1S/C28H30N2O2/c1-28(2)18-22-11-10-20(19-30-12-14-32-15-13-30)16-25(22)26(29-28)17-27(31)24-9-5-7-21-6-3-4-8-23(21)24/h3-11,16H,12-15,17-19H2,1-2H3. The summed E-state index contributed by atoms with van der Waals surface area (Å²) in [4.78, 5) is 20.9. The highest BCUT2D eigenvalue weighted by Gasteiger charge is 2.28. The van der Waals surface area contributed by atoms with Crippen LogP contribution in [0.15, 0.2) is 65.7 Å². The van der Waals surface area contributed by atoms with Crippen molar-refractivity contribution in [3.05, 3.63) is 82.9 Å². The third-order valence-corrected chi connectivity index (χ3v) is 6.47. The molecule has 5 rings (SSSR count). The fourth-order valence-electron chi connectivity index (χ4n) is 4.94. The highest BCUT2D eigenvalue weighted by atomic mass is 16.5. The lowest BCUT2D eigenvalue weighted by atomic mass is 9.84. The second-order valence-electron chi connectivity index (χ2n) is 9.55. The smallest absolute Gasteiger partial charge is 0.169 e. The van der Waals surface area contributed by atoms with Gasteiger partial charge in [-0.1, -0.05) is 54.6 Å². The van der Waals surface area contributed by atoms with Gasteiger partial charge in [0.25, 0.3) is 0 Å². The van der Waals surface area contributed by atoms with Crippen molar-refractivity contribution in [2.75, 3.05) is 26.3 Å². The number of hydrogen-bond donors (Lipinski definition) is 0. The molecule has 0 amide bonds. The molecule has 0 N–H and O–H groups in total. The zero-order valence-electron chi connectivity index (χ0n) is 18.9. The number of Topliss-reactive ketones (excluding diaryl/α,β-unsaturated/α-hetero) is 1. The Balaban J connectivity index is 1.46. The van der Waals surface area contributed by atoms with Crippen molar-refractivity contribution in [1.29, 1.82) is 0 Å². The van der Waals surface area contributed by atoms with Gasteiger partial charge in [-0.25, -0.2) is 0 Å². The molecule has 0 saturated carbocycles. The van der Waals surface area contributed by atoms with Crippen LogP contribution in [0.1, 0.15) is 47.3 Å². The Labute approximate surface area is 189 Å². The van der Waals surface area contributed by atoms with Crippen LogP contribution in [0, 0.1) is 0 Å². The molecule has 2 aliphatic rings. The van der Waals surface area contributed by atoms with Gasteiger partial charge in [0.2, 0.25) is 0 Å². The van der Waals surface area contributed by atoms with E-state index in [9.17, 15) is 4.79 Å². The van der Waals surface area contributed by atoms with Crippen LogP contribution < -0.4 is 0 Å². The van der Waals surface area contributed by atoms with Crippen molar-refractivity contribution in [1.82, 2.24) is 4.90 Å². The summed E-state index contributed by atoms with van der Waals surface area (Å²) in [5.74, 6) is 0.128. The van der Waals surface area contributed by atoms with Gasteiger partial charge < -0.3 is 4.74 Å². The minimum absolute atomic E-state index is 0.128. The molecule has 2 heterocycles. The third-order valence-electron chi connectivity index (χ3n) is 6.47. The summed E-state index contributed by atoms with van der Waals surface area (Å²) in [5, 5.41) is 2.11. The summed E-state index contributed by atoms with van der Waals surface area (Å²) >= 11 is 0. The molecule has 3 aromatic rings. The molecule has 1 saturated heterocycles. The molecule has 0 unspecified atom stereocenters. The minimum atomic E-state index is -0.201. The maximum atomic E-state index is 13.4. The van der Waals surface area contributed by atoms with E-state index in [1.165, 1.54) is 11.1 Å². The molecular weight excluding hydrogens is 396 g/mol. The zero-order valence-corrected chi connectivity index (χ0v) is 18.9. The summed E-state index contributed by atoms with van der Waals surface area (Å²) in [7, 11) is 0. The normalized spacial score (nSPS) is 18.2. The quantitative estimate of drug-likeness (QED) is 0.535. The first-order valence-electron chi connectivity index (χ1n) is 11.5. The molecule has 164 valence electrons. The minimum Gasteiger partial charge on any atom is -0.379 e. The number of benzene rings is 3. The molecule has 4 nitrogen and oxygen atoms in total. The first kappa shape index (κ1) is 21.0. The van der Waals surface area contributed by atoms with Gasteiger partial charge >= 0.3 is 0 Å². The van der Waals surface area contributed by atoms with Gasteiger partial charge in [-0.15, -0.1) is 0 Å². The number of fused-ring (bicyclic) bond motifs is 2. The SMILES string of the molecule is CC1(C)Cc2ccc(CN3CCOCC3)cc2C(CC(=O)c2cccc3ccccc23)=N1. The van der Waals surface area contributed by atoms with Crippen LogP contribution in [0.2, 0.25) is 0 Å². The summed E-state index contributed by atoms with van der Waals surface area (Å²) in [5.41, 5.74) is 5.20. The molecule has 4 heteroatoms. The number of hydrogen-bond acceptors (Lipinski definition) is 4. The lowest BCUT2D eigenvalue weighted by Crippen LogP contribution is -2.36. The highest BCUT2D eigenvalue weighted by molar-refractivity contribution is 6.20. The van der Waals surface area contributed by atoms with Gasteiger partial charge in [0.15, 0.2) is 5.78 Å². The molecule has 0 aliphatic carbocycles. The second kappa shape index (κ2) is 8.61. The second-order valence-corrected chi connectivity index (χ2v) is 9.55. The van der Waals surface area contributed by atoms with Crippen LogP contribution in [-0.2, 0) is 17.7 Å². The summed E-state index contributed by atoms with van der Waals surface area (Å²) < 4.78 is 5.49. The van der Waals surface area contributed by atoms with Crippen LogP contribution in [0.25, 0.3) is 10.8 Å². The van der Waals surface area contributed by atoms with Crippen molar-refractivity contribution in [3.63, 3.8) is 0 Å². The predicted molar refractivity (Wildman–Crippen MR) is 130 cm³/mol. The van der Waals surface area contributed by atoms with Gasteiger partial charge in [-0.05, 0) is 53.8 Å². The van der Waals surface area contributed by atoms with Gasteiger partial charge in [-0.3, -0.25) is 14.7 Å². The third kappa shape index (κ3) is 4.38. The summed E-state index contributed by atoms with van der Waals surface area (Å²) in [6.07, 6.45) is 1.22. The largest absolute Gasteiger partial charge is 0.379 e. The molecule has 0 bridgehead atoms. The number of nitrogens with zero attached hydrogens (tertiary/aromatic N) is 2. The van der Waals surface area contributed by atoms with Crippen molar-refractivity contribution in [2.24, 2.45) is 4.99 Å². The topological polar surface area (TPSA) is 41.9 Å². The highest BCUT2D eigenvalue weighted by Crippen LogP contribution is 2.30. The summed E-state index contributed by atoms with van der Waals surface area (Å²) in [6.45, 7) is 8.73. The Morgan fingerprint density at radius 1 is 1.03 bits per heavy atom. The van der Waals surface area contributed by atoms with Crippen LogP contribution >= 0.6 is 0 Å². The van der Waals surface area contributed by atoms with Crippen LogP contribution in [-0.4, -0.2) is 48.2 Å². The fourth-order valence-corrected chi connectivity index (χ4v) is 4.94. The Kier molecular flexibility index (Phi) is 5.66. The Hall–Kier alpha value is -2.82. The number of ketones is 1. The number of morpholine rings is 1. The average molecular weight is 427 g/mol. The molecule has 0 aromatic heterocycles. The lowest BCUT2D eigenvalue weighted by molar-refractivity contribution is 0.0342. The maximum absolute atomic E-state index is 13.4. The van der Waals surface area contributed by atoms with Crippen molar-refractivity contribution < 1.29 is 9.53 Å². The van der Waals surface area contributed by atoms with E-state index >= 15 is 0 Å². The van der Waals surface area contributed by atoms with E-state index in [2.05, 4.69) is 49.1 Å². The lowest BCUT2D eigenvalue weighted by Gasteiger charge is -2.30. The molecule has 1 fully saturated rings. The van der Waals surface area contributed by atoms with Crippen LogP contribution in [0.4, 0.5) is 0 Å². The van der Waals surface area contributed by atoms with Crippen LogP contribution in [0.5, 0.6) is 0 Å². The van der Waals surface area contributed by atoms with E-state index in [4.69, 9.17) is 9.73 Å².